The summed E-state index contributed by atoms with van der Waals surface area (Å²) in [5.74, 6) is -0.743. The summed E-state index contributed by atoms with van der Waals surface area (Å²) in [6, 6.07) is 11.5. The minimum absolute atomic E-state index is 0.0200. The zero-order chi connectivity index (χ0) is 20.4. The van der Waals surface area contributed by atoms with Crippen LogP contribution in [-0.2, 0) is 9.59 Å². The third kappa shape index (κ3) is 3.50. The summed E-state index contributed by atoms with van der Waals surface area (Å²) < 4.78 is 5.16. The maximum atomic E-state index is 13.0. The van der Waals surface area contributed by atoms with Crippen molar-refractivity contribution in [2.75, 3.05) is 7.11 Å². The van der Waals surface area contributed by atoms with Gasteiger partial charge in [-0.05, 0) is 49.2 Å². The van der Waals surface area contributed by atoms with Crippen LogP contribution in [0.3, 0.4) is 0 Å². The molecule has 1 atom stereocenters. The number of Topliss-reactive ketones (excluding diaryl/α,β-unsaturated/α-hetero) is 1. The fourth-order valence-corrected chi connectivity index (χ4v) is 4.32. The molecule has 6 nitrogen and oxygen atoms in total. The van der Waals surface area contributed by atoms with E-state index in [1.165, 1.54) is 0 Å². The van der Waals surface area contributed by atoms with Gasteiger partial charge in [0.1, 0.15) is 17.6 Å². The van der Waals surface area contributed by atoms with Crippen LogP contribution < -0.4 is 4.74 Å². The quantitative estimate of drug-likeness (QED) is 0.486. The van der Waals surface area contributed by atoms with Gasteiger partial charge in [-0.3, -0.25) is 14.6 Å². The molecule has 1 saturated heterocycles. The number of carbonyl (C=O) groups excluding carboxylic acids is 2. The molecule has 4 rings (SSSR count). The lowest BCUT2D eigenvalue weighted by molar-refractivity contribution is -0.141. The standard InChI is InChI=1S/C23H24N2O4/c1-29-17-12-10-15(11-13-17)21(26)19-20(18-9-5-6-14-24-18)25(23(28)22(19)27)16-7-3-2-4-8-16/h5-6,9-14,16,20,26H,2-4,7-8H2,1H3/b21-19-. The first-order valence-electron chi connectivity index (χ1n) is 9.97. The number of rotatable bonds is 4. The molecule has 1 unspecified atom stereocenters. The lowest BCUT2D eigenvalue weighted by atomic mass is 9.92. The van der Waals surface area contributed by atoms with Gasteiger partial charge in [-0.2, -0.15) is 0 Å². The van der Waals surface area contributed by atoms with E-state index in [9.17, 15) is 14.7 Å². The Kier molecular flexibility index (Phi) is 5.34. The van der Waals surface area contributed by atoms with Crippen molar-refractivity contribution in [3.63, 3.8) is 0 Å². The van der Waals surface area contributed by atoms with Crippen molar-refractivity contribution in [3.05, 3.63) is 65.5 Å². The van der Waals surface area contributed by atoms with Crippen LogP contribution in [0.4, 0.5) is 0 Å². The van der Waals surface area contributed by atoms with Gasteiger partial charge in [0.25, 0.3) is 11.7 Å². The van der Waals surface area contributed by atoms with Gasteiger partial charge in [0, 0.05) is 17.8 Å². The van der Waals surface area contributed by atoms with E-state index in [1.807, 2.05) is 6.07 Å². The number of aliphatic hydroxyl groups excluding tert-OH is 1. The molecule has 1 saturated carbocycles. The molecule has 0 spiro atoms. The summed E-state index contributed by atoms with van der Waals surface area (Å²) in [5, 5.41) is 11.0. The molecular weight excluding hydrogens is 368 g/mol. The van der Waals surface area contributed by atoms with E-state index < -0.39 is 17.7 Å². The van der Waals surface area contributed by atoms with Crippen molar-refractivity contribution in [1.82, 2.24) is 9.88 Å². The summed E-state index contributed by atoms with van der Waals surface area (Å²) >= 11 is 0. The number of hydrogen-bond acceptors (Lipinski definition) is 5. The topological polar surface area (TPSA) is 79.7 Å². The molecule has 1 aliphatic heterocycles. The maximum Gasteiger partial charge on any atom is 0.295 e. The third-order valence-electron chi connectivity index (χ3n) is 5.78. The molecule has 150 valence electrons. The minimum atomic E-state index is -0.679. The fraction of sp³-hybridized carbons (Fsp3) is 0.348. The highest BCUT2D eigenvalue weighted by molar-refractivity contribution is 6.46. The van der Waals surface area contributed by atoms with Crippen molar-refractivity contribution >= 4 is 17.4 Å². The van der Waals surface area contributed by atoms with E-state index in [2.05, 4.69) is 4.98 Å². The predicted octanol–water partition coefficient (Wildman–Crippen LogP) is 3.84. The van der Waals surface area contributed by atoms with Crippen LogP contribution >= 0.6 is 0 Å². The van der Waals surface area contributed by atoms with Gasteiger partial charge in [-0.1, -0.05) is 25.3 Å². The van der Waals surface area contributed by atoms with Crippen LogP contribution in [0.1, 0.15) is 49.4 Å². The summed E-state index contributed by atoms with van der Waals surface area (Å²) in [7, 11) is 1.56. The Morgan fingerprint density at radius 1 is 1.07 bits per heavy atom. The molecule has 2 fully saturated rings. The Morgan fingerprint density at radius 3 is 2.41 bits per heavy atom. The lowest BCUT2D eigenvalue weighted by Crippen LogP contribution is -2.40. The molecular formula is C23H24N2O4. The first kappa shape index (κ1) is 19.2. The number of benzene rings is 1. The van der Waals surface area contributed by atoms with Crippen molar-refractivity contribution in [3.8, 4) is 5.75 Å². The van der Waals surface area contributed by atoms with Gasteiger partial charge in [-0.15, -0.1) is 0 Å². The van der Waals surface area contributed by atoms with E-state index >= 15 is 0 Å². The van der Waals surface area contributed by atoms with Crippen molar-refractivity contribution in [2.45, 2.75) is 44.2 Å². The maximum absolute atomic E-state index is 13.0. The molecule has 2 aliphatic rings. The number of aromatic nitrogens is 1. The molecule has 1 amide bonds. The van der Waals surface area contributed by atoms with Gasteiger partial charge < -0.3 is 14.7 Å². The number of pyridine rings is 1. The average Bonchev–Trinajstić information content (AvgIpc) is 3.05. The largest absolute Gasteiger partial charge is 0.507 e. The molecule has 1 aliphatic carbocycles. The van der Waals surface area contributed by atoms with Crippen molar-refractivity contribution in [2.24, 2.45) is 0 Å². The SMILES string of the molecule is COc1ccc(/C(O)=C2/C(=O)C(=O)N(C3CCCCC3)C2c2ccccn2)cc1. The number of ether oxygens (including phenoxy) is 1. The number of methoxy groups -OCH3 is 1. The van der Waals surface area contributed by atoms with Crippen molar-refractivity contribution < 1.29 is 19.4 Å². The number of hydrogen-bond donors (Lipinski definition) is 1. The molecule has 6 heteroatoms. The second-order valence-corrected chi connectivity index (χ2v) is 7.48. The summed E-state index contributed by atoms with van der Waals surface area (Å²) in [5.41, 5.74) is 1.16. The van der Waals surface area contributed by atoms with E-state index in [4.69, 9.17) is 4.74 Å². The van der Waals surface area contributed by atoms with Crippen LogP contribution in [0.15, 0.2) is 54.2 Å². The molecule has 0 bridgehead atoms. The normalized spacial score (nSPS) is 22.1. The lowest BCUT2D eigenvalue weighted by Gasteiger charge is -2.35. The average molecular weight is 392 g/mol. The minimum Gasteiger partial charge on any atom is -0.507 e. The molecule has 1 N–H and O–H groups in total. The second-order valence-electron chi connectivity index (χ2n) is 7.48. The van der Waals surface area contributed by atoms with Crippen LogP contribution in [0.5, 0.6) is 5.75 Å². The molecule has 1 aromatic heterocycles. The van der Waals surface area contributed by atoms with E-state index in [-0.39, 0.29) is 17.4 Å². The highest BCUT2D eigenvalue weighted by Gasteiger charge is 2.49. The van der Waals surface area contributed by atoms with Crippen LogP contribution in [0.2, 0.25) is 0 Å². The van der Waals surface area contributed by atoms with Gasteiger partial charge in [0.15, 0.2) is 0 Å². The number of likely N-dealkylation sites (tertiary alicyclic amines) is 1. The summed E-state index contributed by atoms with van der Waals surface area (Å²) in [4.78, 5) is 32.1. The highest BCUT2D eigenvalue weighted by Crippen LogP contribution is 2.42. The number of amides is 1. The van der Waals surface area contributed by atoms with Crippen LogP contribution in [0.25, 0.3) is 5.76 Å². The van der Waals surface area contributed by atoms with Crippen molar-refractivity contribution in [1.29, 1.82) is 0 Å². The Bertz CT molecular complexity index is 931. The fourth-order valence-electron chi connectivity index (χ4n) is 4.32. The van der Waals surface area contributed by atoms with E-state index in [0.717, 1.165) is 32.1 Å². The zero-order valence-electron chi connectivity index (χ0n) is 16.4. The first-order chi connectivity index (χ1) is 14.1. The molecule has 2 aromatic rings. The Labute approximate surface area is 169 Å². The van der Waals surface area contributed by atoms with Crippen LogP contribution in [-0.4, -0.2) is 39.8 Å². The summed E-state index contributed by atoms with van der Waals surface area (Å²) in [6.45, 7) is 0. The number of aliphatic hydroxyl groups is 1. The Morgan fingerprint density at radius 2 is 1.79 bits per heavy atom. The molecule has 1 aromatic carbocycles. The smallest absolute Gasteiger partial charge is 0.295 e. The first-order valence-corrected chi connectivity index (χ1v) is 9.97. The monoisotopic (exact) mass is 392 g/mol. The highest BCUT2D eigenvalue weighted by atomic mass is 16.5. The van der Waals surface area contributed by atoms with Gasteiger partial charge in [0.2, 0.25) is 0 Å². The molecule has 0 radical (unpaired) electrons. The second kappa shape index (κ2) is 8.07. The zero-order valence-corrected chi connectivity index (χ0v) is 16.4. The third-order valence-corrected chi connectivity index (χ3v) is 5.78. The molecule has 29 heavy (non-hydrogen) atoms. The number of carbonyl (C=O) groups is 2. The Balaban J connectivity index is 1.83. The predicted molar refractivity (Wildman–Crippen MR) is 108 cm³/mol. The van der Waals surface area contributed by atoms with Gasteiger partial charge >= 0.3 is 0 Å². The van der Waals surface area contributed by atoms with E-state index in [0.29, 0.717) is 17.0 Å². The number of ketones is 1. The number of nitrogens with zero attached hydrogens (tertiary/aromatic N) is 2. The van der Waals surface area contributed by atoms with E-state index in [1.54, 1.807) is 54.6 Å². The van der Waals surface area contributed by atoms with Crippen LogP contribution in [0, 0.1) is 0 Å². The summed E-state index contributed by atoms with van der Waals surface area (Å²) in [6.07, 6.45) is 6.56. The Hall–Kier alpha value is -3.15. The van der Waals surface area contributed by atoms with Gasteiger partial charge in [-0.25, -0.2) is 0 Å². The van der Waals surface area contributed by atoms with Gasteiger partial charge in [0.05, 0.1) is 18.4 Å². The molecule has 2 heterocycles.